The molecule has 0 bridgehead atoms. The summed E-state index contributed by atoms with van der Waals surface area (Å²) in [6, 6.07) is 8.38. The van der Waals surface area contributed by atoms with E-state index in [1.807, 2.05) is 12.1 Å². The van der Waals surface area contributed by atoms with Crippen LogP contribution in [0.2, 0.25) is 0 Å². The van der Waals surface area contributed by atoms with E-state index in [0.29, 0.717) is 6.04 Å². The molecule has 1 saturated carbocycles. The molecule has 1 N–H and O–H groups in total. The summed E-state index contributed by atoms with van der Waals surface area (Å²) < 4.78 is 17.4. The van der Waals surface area contributed by atoms with Crippen molar-refractivity contribution in [2.24, 2.45) is 0 Å². The third kappa shape index (κ3) is 4.55. The van der Waals surface area contributed by atoms with Crippen LogP contribution in [0, 0.1) is 0 Å². The predicted octanol–water partition coefficient (Wildman–Crippen LogP) is 3.67. The van der Waals surface area contributed by atoms with Crippen molar-refractivity contribution < 1.29 is 14.2 Å². The zero-order chi connectivity index (χ0) is 21.8. The van der Waals surface area contributed by atoms with Crippen LogP contribution in [0.25, 0.3) is 11.0 Å². The number of nitrogens with zero attached hydrogens (tertiary/aromatic N) is 4. The second-order valence-corrected chi connectivity index (χ2v) is 8.26. The summed E-state index contributed by atoms with van der Waals surface area (Å²) in [7, 11) is 1.67. The van der Waals surface area contributed by atoms with Gasteiger partial charge in [0, 0.05) is 49.5 Å². The van der Waals surface area contributed by atoms with E-state index in [0.717, 1.165) is 86.0 Å². The highest BCUT2D eigenvalue weighted by Gasteiger charge is 2.25. The van der Waals surface area contributed by atoms with Crippen molar-refractivity contribution in [3.63, 3.8) is 0 Å². The molecule has 0 atom stereocenters. The van der Waals surface area contributed by atoms with Crippen molar-refractivity contribution in [2.45, 2.75) is 37.8 Å². The monoisotopic (exact) mass is 435 g/mol. The molecule has 0 radical (unpaired) electrons. The number of hydrogen-bond donors (Lipinski definition) is 1. The van der Waals surface area contributed by atoms with Gasteiger partial charge in [0.15, 0.2) is 11.6 Å². The minimum Gasteiger partial charge on any atom is -0.493 e. The van der Waals surface area contributed by atoms with E-state index in [1.54, 1.807) is 25.7 Å². The van der Waals surface area contributed by atoms with Crippen LogP contribution in [0.5, 0.6) is 11.5 Å². The van der Waals surface area contributed by atoms with Gasteiger partial charge in [-0.1, -0.05) is 0 Å². The molecule has 0 spiro atoms. The number of methoxy groups -OCH3 is 1. The van der Waals surface area contributed by atoms with Crippen LogP contribution in [0.4, 0.5) is 11.5 Å². The van der Waals surface area contributed by atoms with Gasteiger partial charge in [0.2, 0.25) is 0 Å². The number of ether oxygens (including phenoxy) is 3. The molecule has 32 heavy (non-hydrogen) atoms. The van der Waals surface area contributed by atoms with Crippen LogP contribution in [0.3, 0.4) is 0 Å². The number of fused-ring (bicyclic) bond motifs is 1. The summed E-state index contributed by atoms with van der Waals surface area (Å²) in [5.74, 6) is 2.40. The van der Waals surface area contributed by atoms with Gasteiger partial charge in [-0.05, 0) is 43.9 Å². The molecule has 5 rings (SSSR count). The van der Waals surface area contributed by atoms with E-state index in [1.165, 1.54) is 0 Å². The SMILES string of the molecule is COc1cccnc1NC1CCC(Oc2cc(N3CCOCC3)cc3nccnc23)CC1. The van der Waals surface area contributed by atoms with Crippen LogP contribution in [-0.2, 0) is 4.74 Å². The summed E-state index contributed by atoms with van der Waals surface area (Å²) >= 11 is 0. The van der Waals surface area contributed by atoms with Gasteiger partial charge in [-0.15, -0.1) is 0 Å². The van der Waals surface area contributed by atoms with Crippen LogP contribution in [0.15, 0.2) is 42.9 Å². The summed E-state index contributed by atoms with van der Waals surface area (Å²) in [4.78, 5) is 15.8. The van der Waals surface area contributed by atoms with E-state index in [-0.39, 0.29) is 6.10 Å². The molecule has 1 saturated heterocycles. The van der Waals surface area contributed by atoms with Crippen molar-refractivity contribution >= 4 is 22.5 Å². The zero-order valence-electron chi connectivity index (χ0n) is 18.4. The van der Waals surface area contributed by atoms with Crippen LogP contribution in [0.1, 0.15) is 25.7 Å². The lowest BCUT2D eigenvalue weighted by Crippen LogP contribution is -2.36. The Morgan fingerprint density at radius 2 is 1.78 bits per heavy atom. The molecule has 8 nitrogen and oxygen atoms in total. The highest BCUT2D eigenvalue weighted by Crippen LogP contribution is 2.33. The first-order valence-corrected chi connectivity index (χ1v) is 11.3. The molecule has 3 heterocycles. The Bertz CT molecular complexity index is 1050. The maximum absolute atomic E-state index is 6.51. The second-order valence-electron chi connectivity index (χ2n) is 8.26. The van der Waals surface area contributed by atoms with Gasteiger partial charge >= 0.3 is 0 Å². The van der Waals surface area contributed by atoms with Crippen molar-refractivity contribution in [3.05, 3.63) is 42.9 Å². The van der Waals surface area contributed by atoms with Crippen molar-refractivity contribution in [2.75, 3.05) is 43.6 Å². The maximum atomic E-state index is 6.51. The average Bonchev–Trinajstić information content (AvgIpc) is 2.86. The number of anilines is 2. The van der Waals surface area contributed by atoms with Crippen molar-refractivity contribution in [1.29, 1.82) is 0 Å². The number of benzene rings is 1. The largest absolute Gasteiger partial charge is 0.493 e. The van der Waals surface area contributed by atoms with E-state index < -0.39 is 0 Å². The summed E-state index contributed by atoms with van der Waals surface area (Å²) in [5.41, 5.74) is 2.81. The number of morpholine rings is 1. The highest BCUT2D eigenvalue weighted by molar-refractivity contribution is 5.85. The minimum atomic E-state index is 0.156. The fourth-order valence-corrected chi connectivity index (χ4v) is 4.48. The van der Waals surface area contributed by atoms with E-state index in [2.05, 4.69) is 37.3 Å². The smallest absolute Gasteiger partial charge is 0.168 e. The Balaban J connectivity index is 1.28. The molecule has 0 amide bonds. The van der Waals surface area contributed by atoms with Gasteiger partial charge in [0.05, 0.1) is 31.9 Å². The molecular formula is C24H29N5O3. The highest BCUT2D eigenvalue weighted by atomic mass is 16.5. The van der Waals surface area contributed by atoms with Crippen molar-refractivity contribution in [3.8, 4) is 11.5 Å². The lowest BCUT2D eigenvalue weighted by molar-refractivity contribution is 0.122. The third-order valence-corrected chi connectivity index (χ3v) is 6.20. The Morgan fingerprint density at radius 3 is 2.59 bits per heavy atom. The number of aromatic nitrogens is 3. The van der Waals surface area contributed by atoms with E-state index in [9.17, 15) is 0 Å². The molecule has 1 aromatic carbocycles. The predicted molar refractivity (Wildman–Crippen MR) is 124 cm³/mol. The Labute approximate surface area is 187 Å². The number of nitrogens with one attached hydrogen (secondary N) is 1. The van der Waals surface area contributed by atoms with Crippen molar-refractivity contribution in [1.82, 2.24) is 15.0 Å². The van der Waals surface area contributed by atoms with Gasteiger partial charge in [0.1, 0.15) is 11.3 Å². The Morgan fingerprint density at radius 1 is 0.969 bits per heavy atom. The van der Waals surface area contributed by atoms with Crippen LogP contribution >= 0.6 is 0 Å². The fraction of sp³-hybridized carbons (Fsp3) is 0.458. The maximum Gasteiger partial charge on any atom is 0.168 e. The summed E-state index contributed by atoms with van der Waals surface area (Å²) in [6.07, 6.45) is 9.36. The lowest BCUT2D eigenvalue weighted by Gasteiger charge is -2.31. The molecule has 0 unspecified atom stereocenters. The summed E-state index contributed by atoms with van der Waals surface area (Å²) in [5, 5.41) is 3.53. The minimum absolute atomic E-state index is 0.156. The average molecular weight is 436 g/mol. The molecule has 1 aliphatic heterocycles. The van der Waals surface area contributed by atoms with Gasteiger partial charge in [0.25, 0.3) is 0 Å². The van der Waals surface area contributed by atoms with Crippen LogP contribution in [-0.4, -0.2) is 60.5 Å². The van der Waals surface area contributed by atoms with Gasteiger partial charge in [-0.2, -0.15) is 0 Å². The van der Waals surface area contributed by atoms with Gasteiger partial charge in [-0.25, -0.2) is 9.97 Å². The standard InChI is InChI=1S/C24H29N5O3/c1-30-21-3-2-8-27-24(21)28-17-4-6-19(7-5-17)32-22-16-18(29-11-13-31-14-12-29)15-20-23(22)26-10-9-25-20/h2-3,8-10,15-17,19H,4-7,11-14H2,1H3,(H,27,28). The van der Waals surface area contributed by atoms with E-state index in [4.69, 9.17) is 14.2 Å². The van der Waals surface area contributed by atoms with Crippen LogP contribution < -0.4 is 19.7 Å². The molecule has 1 aliphatic carbocycles. The Kier molecular flexibility index (Phi) is 6.20. The lowest BCUT2D eigenvalue weighted by atomic mass is 9.93. The molecule has 2 aromatic heterocycles. The first-order chi connectivity index (χ1) is 15.8. The third-order valence-electron chi connectivity index (χ3n) is 6.20. The first kappa shape index (κ1) is 20.8. The molecule has 168 valence electrons. The first-order valence-electron chi connectivity index (χ1n) is 11.3. The topological polar surface area (TPSA) is 81.6 Å². The quantitative estimate of drug-likeness (QED) is 0.628. The number of rotatable bonds is 6. The molecule has 8 heteroatoms. The van der Waals surface area contributed by atoms with Gasteiger partial charge in [-0.3, -0.25) is 4.98 Å². The zero-order valence-corrected chi connectivity index (χ0v) is 18.4. The second kappa shape index (κ2) is 9.56. The number of hydrogen-bond acceptors (Lipinski definition) is 8. The molecular weight excluding hydrogens is 406 g/mol. The van der Waals surface area contributed by atoms with Gasteiger partial charge < -0.3 is 24.4 Å². The molecule has 2 aliphatic rings. The number of pyridine rings is 1. The van der Waals surface area contributed by atoms with E-state index >= 15 is 0 Å². The fourth-order valence-electron chi connectivity index (χ4n) is 4.48. The molecule has 2 fully saturated rings. The normalized spacial score (nSPS) is 21.3. The summed E-state index contributed by atoms with van der Waals surface area (Å²) in [6.45, 7) is 3.23. The Hall–Kier alpha value is -3.13. The molecule has 3 aromatic rings.